The number of esters is 3. The second-order valence-electron chi connectivity index (χ2n) is 20.5. The van der Waals surface area contributed by atoms with Crippen molar-refractivity contribution < 1.29 is 28.6 Å². The monoisotopic (exact) mass is 1110 g/mol. The van der Waals surface area contributed by atoms with E-state index in [0.29, 0.717) is 19.3 Å². The number of ether oxygens (including phenoxy) is 3. The van der Waals surface area contributed by atoms with Crippen LogP contribution in [0.4, 0.5) is 0 Å². The van der Waals surface area contributed by atoms with Gasteiger partial charge < -0.3 is 14.2 Å². The second kappa shape index (κ2) is 67.0. The summed E-state index contributed by atoms with van der Waals surface area (Å²) in [4.78, 5) is 38.3. The van der Waals surface area contributed by atoms with Crippen molar-refractivity contribution in [1.29, 1.82) is 0 Å². The fraction of sp³-hybridized carbons (Fsp3) is 0.560. The van der Waals surface area contributed by atoms with Crippen LogP contribution in [0.15, 0.2) is 182 Å². The number of rotatable bonds is 56. The highest BCUT2D eigenvalue weighted by atomic mass is 16.6. The molecule has 0 N–H and O–H groups in total. The number of hydrogen-bond acceptors (Lipinski definition) is 6. The van der Waals surface area contributed by atoms with Crippen LogP contribution in [0.25, 0.3) is 0 Å². The van der Waals surface area contributed by atoms with Crippen LogP contribution in [0.3, 0.4) is 0 Å². The van der Waals surface area contributed by atoms with Crippen LogP contribution in [0, 0.1) is 0 Å². The van der Waals surface area contributed by atoms with E-state index in [2.05, 4.69) is 203 Å². The first-order valence-electron chi connectivity index (χ1n) is 32.3. The Kier molecular flexibility index (Phi) is 62.5. The zero-order valence-corrected chi connectivity index (χ0v) is 51.7. The number of carbonyl (C=O) groups excluding carboxylic acids is 3. The summed E-state index contributed by atoms with van der Waals surface area (Å²) in [6.45, 7) is 6.24. The molecule has 0 aromatic heterocycles. The molecule has 0 spiro atoms. The Bertz CT molecular complexity index is 1900. The van der Waals surface area contributed by atoms with E-state index in [4.69, 9.17) is 14.2 Å². The fourth-order valence-electron chi connectivity index (χ4n) is 8.17. The average molecular weight is 1110 g/mol. The first-order valence-corrected chi connectivity index (χ1v) is 32.3. The molecule has 0 bridgehead atoms. The van der Waals surface area contributed by atoms with Crippen molar-refractivity contribution in [3.63, 3.8) is 0 Å². The van der Waals surface area contributed by atoms with Crippen LogP contribution in [-0.4, -0.2) is 37.2 Å². The minimum atomic E-state index is -0.816. The van der Waals surface area contributed by atoms with Crippen molar-refractivity contribution in [2.24, 2.45) is 0 Å². The normalized spacial score (nSPS) is 13.4. The molecule has 0 aromatic rings. The molecule has 0 aliphatic rings. The molecule has 452 valence electrons. The van der Waals surface area contributed by atoms with Crippen molar-refractivity contribution >= 4 is 17.9 Å². The van der Waals surface area contributed by atoms with Gasteiger partial charge >= 0.3 is 17.9 Å². The topological polar surface area (TPSA) is 78.9 Å². The molecule has 0 heterocycles. The standard InChI is InChI=1S/C75H116O6/c1-4-7-10-13-16-19-22-25-27-29-31-32-33-34-35-36-37-38-39-40-41-42-44-45-47-50-53-56-59-62-65-68-74(77)80-71-72(70-79-73(76)67-64-61-58-55-52-49-24-21-18-15-12-9-6-3)81-75(78)69-66-63-60-57-54-51-48-46-43-30-28-26-23-20-17-14-11-8-5-2/h7-12,16-21,25-28,31-32,34-35,37-38,40-41,43-46,49,52,72H,4-6,13-15,22-24,29-30,33,36,39,42,47-48,50-51,53-71H2,1-3H3/b10-7-,11-8-,12-9-,19-16-,20-17-,21-18-,27-25-,28-26-,32-31-,35-34-,38-37-,41-40-,45-44-,46-43-,52-49-. The van der Waals surface area contributed by atoms with Crippen molar-refractivity contribution in [2.45, 2.75) is 258 Å². The van der Waals surface area contributed by atoms with Gasteiger partial charge in [0.1, 0.15) is 13.2 Å². The highest BCUT2D eigenvalue weighted by molar-refractivity contribution is 5.71. The fourth-order valence-corrected chi connectivity index (χ4v) is 8.17. The largest absolute Gasteiger partial charge is 0.462 e. The van der Waals surface area contributed by atoms with Gasteiger partial charge in [-0.1, -0.05) is 261 Å². The minimum Gasteiger partial charge on any atom is -0.462 e. The summed E-state index contributed by atoms with van der Waals surface area (Å²) in [5, 5.41) is 0. The van der Waals surface area contributed by atoms with Crippen molar-refractivity contribution in [2.75, 3.05) is 13.2 Å². The summed E-state index contributed by atoms with van der Waals surface area (Å²) in [6.07, 6.45) is 100. The van der Waals surface area contributed by atoms with E-state index in [0.717, 1.165) is 186 Å². The molecule has 6 nitrogen and oxygen atoms in total. The third kappa shape index (κ3) is 65.2. The third-order valence-electron chi connectivity index (χ3n) is 12.9. The predicted octanol–water partition coefficient (Wildman–Crippen LogP) is 22.4. The molecule has 6 heteroatoms. The molecule has 0 fully saturated rings. The molecule has 81 heavy (non-hydrogen) atoms. The van der Waals surface area contributed by atoms with Crippen LogP contribution >= 0.6 is 0 Å². The second-order valence-corrected chi connectivity index (χ2v) is 20.5. The lowest BCUT2D eigenvalue weighted by Crippen LogP contribution is -2.30. The molecule has 0 amide bonds. The quantitative estimate of drug-likeness (QED) is 0.0261. The molecule has 0 aliphatic heterocycles. The summed E-state index contributed by atoms with van der Waals surface area (Å²) in [5.41, 5.74) is 0. The van der Waals surface area contributed by atoms with Crippen LogP contribution < -0.4 is 0 Å². The van der Waals surface area contributed by atoms with E-state index < -0.39 is 6.10 Å². The molecule has 0 saturated carbocycles. The van der Waals surface area contributed by atoms with E-state index in [9.17, 15) is 14.4 Å². The third-order valence-corrected chi connectivity index (χ3v) is 12.9. The maximum absolute atomic E-state index is 12.9. The zero-order valence-electron chi connectivity index (χ0n) is 51.7. The minimum absolute atomic E-state index is 0.110. The lowest BCUT2D eigenvalue weighted by Gasteiger charge is -2.18. The number of hydrogen-bond donors (Lipinski definition) is 0. The van der Waals surface area contributed by atoms with E-state index in [1.807, 2.05) is 0 Å². The van der Waals surface area contributed by atoms with E-state index in [1.54, 1.807) is 0 Å². The van der Waals surface area contributed by atoms with Gasteiger partial charge in [0.2, 0.25) is 0 Å². The van der Waals surface area contributed by atoms with Crippen LogP contribution in [-0.2, 0) is 28.6 Å². The van der Waals surface area contributed by atoms with Gasteiger partial charge in [-0.3, -0.25) is 14.4 Å². The van der Waals surface area contributed by atoms with Gasteiger partial charge in [-0.2, -0.15) is 0 Å². The zero-order chi connectivity index (χ0) is 58.5. The van der Waals surface area contributed by atoms with E-state index in [-0.39, 0.29) is 31.1 Å². The highest BCUT2D eigenvalue weighted by Crippen LogP contribution is 2.14. The molecule has 1 unspecified atom stereocenters. The maximum atomic E-state index is 12.9. The Hall–Kier alpha value is -5.49. The van der Waals surface area contributed by atoms with Crippen molar-refractivity contribution in [3.05, 3.63) is 182 Å². The first kappa shape index (κ1) is 75.5. The average Bonchev–Trinajstić information content (AvgIpc) is 3.46. The van der Waals surface area contributed by atoms with Gasteiger partial charge in [0, 0.05) is 19.3 Å². The Labute approximate surface area is 497 Å². The highest BCUT2D eigenvalue weighted by Gasteiger charge is 2.19. The SMILES string of the molecule is CC/C=C\C/C=C\C/C=C\C/C=C\C/C=C\C/C=C\C/C=C\C/C=C\CCCCCCCCC(=O)OCC(COC(=O)CCCCC/C=C\C/C=C\C/C=C\CC)OC(=O)CCCCCCCC/C=C\C/C=C\C/C=C\C/C=C\CC. The summed E-state index contributed by atoms with van der Waals surface area (Å²) in [7, 11) is 0. The Balaban J connectivity index is 4.41. The maximum Gasteiger partial charge on any atom is 0.306 e. The van der Waals surface area contributed by atoms with Gasteiger partial charge in [0.15, 0.2) is 6.10 Å². The predicted molar refractivity (Wildman–Crippen MR) is 352 cm³/mol. The smallest absolute Gasteiger partial charge is 0.306 e. The molecule has 0 aromatic carbocycles. The van der Waals surface area contributed by atoms with E-state index in [1.165, 1.54) is 25.7 Å². The van der Waals surface area contributed by atoms with Gasteiger partial charge in [-0.05, 0) is 154 Å². The van der Waals surface area contributed by atoms with Gasteiger partial charge in [-0.25, -0.2) is 0 Å². The lowest BCUT2D eigenvalue weighted by atomic mass is 10.1. The summed E-state index contributed by atoms with van der Waals surface area (Å²) in [6, 6.07) is 0. The van der Waals surface area contributed by atoms with Crippen molar-refractivity contribution in [3.8, 4) is 0 Å². The number of unbranched alkanes of at least 4 members (excludes halogenated alkanes) is 15. The van der Waals surface area contributed by atoms with Gasteiger partial charge in [0.05, 0.1) is 0 Å². The molecule has 0 rings (SSSR count). The van der Waals surface area contributed by atoms with Gasteiger partial charge in [0.25, 0.3) is 0 Å². The molecule has 0 saturated heterocycles. The molecular weight excluding hydrogens is 997 g/mol. The summed E-state index contributed by atoms with van der Waals surface area (Å²) in [5.74, 6) is -0.975. The summed E-state index contributed by atoms with van der Waals surface area (Å²) >= 11 is 0. The summed E-state index contributed by atoms with van der Waals surface area (Å²) < 4.78 is 16.9. The Morgan fingerprint density at radius 3 is 0.704 bits per heavy atom. The first-order chi connectivity index (χ1) is 40.0. The van der Waals surface area contributed by atoms with Crippen molar-refractivity contribution in [1.82, 2.24) is 0 Å². The molecule has 0 aliphatic carbocycles. The molecule has 0 radical (unpaired) electrons. The van der Waals surface area contributed by atoms with Crippen LogP contribution in [0.1, 0.15) is 252 Å². The lowest BCUT2D eigenvalue weighted by molar-refractivity contribution is -0.167. The Morgan fingerprint density at radius 1 is 0.247 bits per heavy atom. The molecular formula is C75H116O6. The molecule has 1 atom stereocenters. The van der Waals surface area contributed by atoms with E-state index >= 15 is 0 Å². The Morgan fingerprint density at radius 2 is 0.444 bits per heavy atom. The van der Waals surface area contributed by atoms with Crippen LogP contribution in [0.5, 0.6) is 0 Å². The number of carbonyl (C=O) groups is 3. The number of allylic oxidation sites excluding steroid dienone is 30. The van der Waals surface area contributed by atoms with Crippen LogP contribution in [0.2, 0.25) is 0 Å². The van der Waals surface area contributed by atoms with Gasteiger partial charge in [-0.15, -0.1) is 0 Å².